The number of carbonyl (C=O) groups excluding carboxylic acids is 1. The molecule has 0 saturated carbocycles. The second-order valence-corrected chi connectivity index (χ2v) is 6.65. The zero-order chi connectivity index (χ0) is 17.1. The maximum absolute atomic E-state index is 12.4. The Morgan fingerprint density at radius 2 is 1.96 bits per heavy atom. The van der Waals surface area contributed by atoms with Gasteiger partial charge in [0.2, 0.25) is 0 Å². The molecule has 1 atom stereocenters. The van der Waals surface area contributed by atoms with Crippen molar-refractivity contribution in [2.75, 3.05) is 32.8 Å². The third kappa shape index (κ3) is 3.75. The summed E-state index contributed by atoms with van der Waals surface area (Å²) in [7, 11) is 0. The van der Waals surface area contributed by atoms with E-state index in [0.29, 0.717) is 6.61 Å². The van der Waals surface area contributed by atoms with Gasteiger partial charge in [0.25, 0.3) is 5.91 Å². The van der Waals surface area contributed by atoms with E-state index in [1.54, 1.807) is 0 Å². The van der Waals surface area contributed by atoms with Crippen molar-refractivity contribution in [3.63, 3.8) is 0 Å². The molecule has 0 bridgehead atoms. The summed E-state index contributed by atoms with van der Waals surface area (Å²) in [4.78, 5) is 16.6. The van der Waals surface area contributed by atoms with Crippen molar-refractivity contribution in [3.05, 3.63) is 42.2 Å². The molecule has 2 fully saturated rings. The quantitative estimate of drug-likeness (QED) is 0.853. The fourth-order valence-electron chi connectivity index (χ4n) is 3.46. The second-order valence-electron chi connectivity index (χ2n) is 6.65. The first-order valence-electron chi connectivity index (χ1n) is 8.93. The molecule has 2 aromatic rings. The van der Waals surface area contributed by atoms with Gasteiger partial charge < -0.3 is 14.2 Å². The van der Waals surface area contributed by atoms with Gasteiger partial charge in [-0.15, -0.1) is 0 Å². The number of nitrogens with zero attached hydrogens (tertiary/aromatic N) is 3. The fourth-order valence-corrected chi connectivity index (χ4v) is 3.46. The van der Waals surface area contributed by atoms with Crippen molar-refractivity contribution >= 4 is 5.91 Å². The molecule has 1 amide bonds. The molecule has 1 aromatic heterocycles. The van der Waals surface area contributed by atoms with Crippen molar-refractivity contribution in [1.82, 2.24) is 15.0 Å². The molecular formula is C19H23N3O3. The molecule has 4 rings (SSSR count). The van der Waals surface area contributed by atoms with Crippen LogP contribution in [0.3, 0.4) is 0 Å². The molecule has 2 aliphatic heterocycles. The first kappa shape index (κ1) is 16.3. The number of benzene rings is 1. The zero-order valence-corrected chi connectivity index (χ0v) is 14.3. The molecule has 6 nitrogen and oxygen atoms in total. The number of piperazine rings is 1. The average molecular weight is 341 g/mol. The van der Waals surface area contributed by atoms with Crippen LogP contribution in [-0.4, -0.2) is 59.8 Å². The Kier molecular flexibility index (Phi) is 4.81. The number of rotatable bonds is 4. The lowest BCUT2D eigenvalue weighted by atomic mass is 10.1. The number of amides is 1. The predicted octanol–water partition coefficient (Wildman–Crippen LogP) is 2.16. The monoisotopic (exact) mass is 341 g/mol. The third-order valence-corrected chi connectivity index (χ3v) is 4.90. The topological polar surface area (TPSA) is 58.8 Å². The minimum absolute atomic E-state index is 0.156. The number of ether oxygens (including phenoxy) is 1. The lowest BCUT2D eigenvalue weighted by Crippen LogP contribution is -2.51. The first-order valence-corrected chi connectivity index (χ1v) is 8.93. The van der Waals surface area contributed by atoms with Crippen LogP contribution in [-0.2, 0) is 16.1 Å². The van der Waals surface area contributed by atoms with Crippen molar-refractivity contribution in [2.24, 2.45) is 0 Å². The van der Waals surface area contributed by atoms with E-state index < -0.39 is 0 Å². The van der Waals surface area contributed by atoms with Gasteiger partial charge in [-0.1, -0.05) is 35.5 Å². The predicted molar refractivity (Wildman–Crippen MR) is 92.8 cm³/mol. The van der Waals surface area contributed by atoms with E-state index in [9.17, 15) is 4.79 Å². The number of aromatic nitrogens is 1. The van der Waals surface area contributed by atoms with Crippen LogP contribution in [0.25, 0.3) is 11.3 Å². The molecule has 6 heteroatoms. The summed E-state index contributed by atoms with van der Waals surface area (Å²) in [5.41, 5.74) is 1.92. The second kappa shape index (κ2) is 7.37. The van der Waals surface area contributed by atoms with Gasteiger partial charge in [0, 0.05) is 44.4 Å². The van der Waals surface area contributed by atoms with Gasteiger partial charge in [0.15, 0.2) is 5.76 Å². The van der Waals surface area contributed by atoms with Crippen LogP contribution in [0.4, 0.5) is 0 Å². The average Bonchev–Trinajstić information content (AvgIpc) is 3.35. The van der Waals surface area contributed by atoms with Crippen LogP contribution < -0.4 is 0 Å². The summed E-state index contributed by atoms with van der Waals surface area (Å²) in [6.07, 6.45) is 1.64. The molecule has 0 spiro atoms. The maximum Gasteiger partial charge on any atom is 0.251 e. The van der Waals surface area contributed by atoms with Crippen LogP contribution in [0.1, 0.15) is 18.6 Å². The number of hydrogen-bond donors (Lipinski definition) is 0. The Morgan fingerprint density at radius 3 is 2.68 bits per heavy atom. The van der Waals surface area contributed by atoms with Gasteiger partial charge in [-0.2, -0.15) is 0 Å². The summed E-state index contributed by atoms with van der Waals surface area (Å²) >= 11 is 0. The largest absolute Gasteiger partial charge is 0.368 e. The summed E-state index contributed by atoms with van der Waals surface area (Å²) < 4.78 is 11.0. The van der Waals surface area contributed by atoms with E-state index in [1.165, 1.54) is 0 Å². The number of hydrogen-bond acceptors (Lipinski definition) is 5. The van der Waals surface area contributed by atoms with E-state index in [2.05, 4.69) is 10.1 Å². The molecule has 2 saturated heterocycles. The van der Waals surface area contributed by atoms with Crippen LogP contribution in [0.2, 0.25) is 0 Å². The highest BCUT2D eigenvalue weighted by Gasteiger charge is 2.30. The van der Waals surface area contributed by atoms with Crippen molar-refractivity contribution in [1.29, 1.82) is 0 Å². The van der Waals surface area contributed by atoms with Gasteiger partial charge in [-0.05, 0) is 12.8 Å². The summed E-state index contributed by atoms with van der Waals surface area (Å²) in [5, 5.41) is 4.16. The Hall–Kier alpha value is -2.18. The molecule has 25 heavy (non-hydrogen) atoms. The SMILES string of the molecule is O=C(C1CCCO1)N1CCN(Cc2cc(-c3ccccc3)no2)CC1. The highest BCUT2D eigenvalue weighted by atomic mass is 16.5. The fraction of sp³-hybridized carbons (Fsp3) is 0.474. The lowest BCUT2D eigenvalue weighted by molar-refractivity contribution is -0.142. The zero-order valence-electron chi connectivity index (χ0n) is 14.3. The van der Waals surface area contributed by atoms with E-state index in [4.69, 9.17) is 9.26 Å². The minimum Gasteiger partial charge on any atom is -0.368 e. The van der Waals surface area contributed by atoms with E-state index in [1.807, 2.05) is 41.3 Å². The summed E-state index contributed by atoms with van der Waals surface area (Å²) in [5.74, 6) is 1.01. The van der Waals surface area contributed by atoms with Crippen molar-refractivity contribution < 1.29 is 14.1 Å². The molecule has 0 radical (unpaired) electrons. The molecule has 3 heterocycles. The van der Waals surface area contributed by atoms with Crippen LogP contribution >= 0.6 is 0 Å². The van der Waals surface area contributed by atoms with Crippen LogP contribution in [0.5, 0.6) is 0 Å². The van der Waals surface area contributed by atoms with Crippen LogP contribution in [0.15, 0.2) is 40.9 Å². The van der Waals surface area contributed by atoms with Gasteiger partial charge >= 0.3 is 0 Å². The van der Waals surface area contributed by atoms with Gasteiger partial charge in [0.1, 0.15) is 11.8 Å². The highest BCUT2D eigenvalue weighted by molar-refractivity contribution is 5.81. The smallest absolute Gasteiger partial charge is 0.251 e. The maximum atomic E-state index is 12.4. The summed E-state index contributed by atoms with van der Waals surface area (Å²) in [6, 6.07) is 12.0. The highest BCUT2D eigenvalue weighted by Crippen LogP contribution is 2.20. The minimum atomic E-state index is -0.214. The van der Waals surface area contributed by atoms with E-state index >= 15 is 0 Å². The molecule has 132 valence electrons. The van der Waals surface area contributed by atoms with Gasteiger partial charge in [-0.25, -0.2) is 0 Å². The van der Waals surface area contributed by atoms with E-state index in [-0.39, 0.29) is 12.0 Å². The Labute approximate surface area is 147 Å². The summed E-state index contributed by atoms with van der Waals surface area (Å²) in [6.45, 7) is 4.63. The number of carbonyl (C=O) groups is 1. The van der Waals surface area contributed by atoms with Gasteiger partial charge in [-0.3, -0.25) is 9.69 Å². The standard InChI is InChI=1S/C19H23N3O3/c23-19(18-7-4-12-24-18)22-10-8-21(9-11-22)14-16-13-17(20-25-16)15-5-2-1-3-6-15/h1-3,5-6,13,18H,4,7-12,14H2. The Balaban J connectivity index is 1.30. The van der Waals surface area contributed by atoms with Crippen molar-refractivity contribution in [3.8, 4) is 11.3 Å². The molecule has 0 N–H and O–H groups in total. The van der Waals surface area contributed by atoms with E-state index in [0.717, 1.165) is 62.6 Å². The third-order valence-electron chi connectivity index (χ3n) is 4.90. The van der Waals surface area contributed by atoms with Gasteiger partial charge in [0.05, 0.1) is 6.54 Å². The Bertz CT molecular complexity index is 702. The Morgan fingerprint density at radius 1 is 1.16 bits per heavy atom. The van der Waals surface area contributed by atoms with Crippen molar-refractivity contribution in [2.45, 2.75) is 25.5 Å². The molecule has 1 unspecified atom stereocenters. The molecule has 0 aliphatic carbocycles. The molecule has 1 aromatic carbocycles. The normalized spacial score (nSPS) is 21.6. The van der Waals surface area contributed by atoms with Crippen LogP contribution in [0, 0.1) is 0 Å². The first-order chi connectivity index (χ1) is 12.3. The lowest BCUT2D eigenvalue weighted by Gasteiger charge is -2.35. The molecule has 2 aliphatic rings. The molecular weight excluding hydrogens is 318 g/mol.